The van der Waals surface area contributed by atoms with E-state index in [1.807, 2.05) is 0 Å². The van der Waals surface area contributed by atoms with Gasteiger partial charge in [0.05, 0.1) is 29.5 Å². The topological polar surface area (TPSA) is 77.0 Å². The number of amides is 1. The summed E-state index contributed by atoms with van der Waals surface area (Å²) in [6.07, 6.45) is 1.38. The zero-order valence-corrected chi connectivity index (χ0v) is 18.1. The summed E-state index contributed by atoms with van der Waals surface area (Å²) in [5.41, 5.74) is 3.50. The molecule has 6 nitrogen and oxygen atoms in total. The summed E-state index contributed by atoms with van der Waals surface area (Å²) in [5.74, 6) is -0.343. The maximum atomic E-state index is 12.5. The summed E-state index contributed by atoms with van der Waals surface area (Å²) in [4.78, 5) is 24.8. The molecular formula is C22H16BrClN2O4. The van der Waals surface area contributed by atoms with Crippen LogP contribution in [0, 0.1) is 0 Å². The van der Waals surface area contributed by atoms with Crippen LogP contribution in [0.15, 0.2) is 76.3 Å². The minimum Gasteiger partial charge on any atom is -0.496 e. The van der Waals surface area contributed by atoms with Crippen LogP contribution in [-0.4, -0.2) is 25.2 Å². The molecule has 3 aromatic carbocycles. The molecule has 3 rings (SSSR count). The molecule has 0 spiro atoms. The van der Waals surface area contributed by atoms with E-state index in [1.165, 1.54) is 13.3 Å². The number of carbonyl (C=O) groups excluding carboxylic acids is 2. The van der Waals surface area contributed by atoms with Crippen LogP contribution in [0.3, 0.4) is 0 Å². The number of rotatable bonds is 6. The number of para-hydroxylation sites is 1. The van der Waals surface area contributed by atoms with Crippen molar-refractivity contribution < 1.29 is 19.1 Å². The van der Waals surface area contributed by atoms with E-state index in [0.29, 0.717) is 21.9 Å². The van der Waals surface area contributed by atoms with Gasteiger partial charge >= 0.3 is 5.97 Å². The third-order valence-corrected chi connectivity index (χ3v) is 4.81. The zero-order chi connectivity index (χ0) is 21.5. The fraction of sp³-hybridized carbons (Fsp3) is 0.0455. The van der Waals surface area contributed by atoms with Crippen molar-refractivity contribution in [3.8, 4) is 11.5 Å². The number of hydrogen-bond acceptors (Lipinski definition) is 5. The van der Waals surface area contributed by atoms with Crippen molar-refractivity contribution in [3.63, 3.8) is 0 Å². The van der Waals surface area contributed by atoms with Gasteiger partial charge in [-0.05, 0) is 42.5 Å². The van der Waals surface area contributed by atoms with E-state index in [0.717, 1.165) is 4.47 Å². The molecule has 1 N–H and O–H groups in total. The Kier molecular flexibility index (Phi) is 7.21. The van der Waals surface area contributed by atoms with Crippen LogP contribution in [0.25, 0.3) is 0 Å². The molecule has 0 radical (unpaired) electrons. The van der Waals surface area contributed by atoms with Crippen molar-refractivity contribution in [2.45, 2.75) is 0 Å². The first-order valence-electron chi connectivity index (χ1n) is 8.72. The van der Waals surface area contributed by atoms with Gasteiger partial charge in [0, 0.05) is 10.0 Å². The molecule has 0 aliphatic rings. The first-order valence-corrected chi connectivity index (χ1v) is 9.89. The largest absolute Gasteiger partial charge is 0.496 e. The molecule has 8 heteroatoms. The molecule has 0 saturated heterocycles. The number of carbonyl (C=O) groups is 2. The van der Waals surface area contributed by atoms with Gasteiger partial charge < -0.3 is 9.47 Å². The molecule has 0 atom stereocenters. The number of methoxy groups -OCH3 is 1. The Morgan fingerprint density at radius 2 is 1.70 bits per heavy atom. The lowest BCUT2D eigenvalue weighted by atomic mass is 10.2. The number of nitrogens with one attached hydrogen (secondary N) is 1. The molecule has 0 bridgehead atoms. The fourth-order valence-corrected chi connectivity index (χ4v) is 3.14. The first kappa shape index (κ1) is 21.5. The lowest BCUT2D eigenvalue weighted by Gasteiger charge is -2.09. The predicted octanol–water partition coefficient (Wildman–Crippen LogP) is 5.09. The van der Waals surface area contributed by atoms with Crippen molar-refractivity contribution in [2.75, 3.05) is 7.11 Å². The Labute approximate surface area is 186 Å². The van der Waals surface area contributed by atoms with Crippen molar-refractivity contribution in [1.29, 1.82) is 0 Å². The van der Waals surface area contributed by atoms with Crippen molar-refractivity contribution >= 4 is 45.6 Å². The smallest absolute Gasteiger partial charge is 0.345 e. The van der Waals surface area contributed by atoms with Gasteiger partial charge in [-0.2, -0.15) is 5.10 Å². The summed E-state index contributed by atoms with van der Waals surface area (Å²) < 4.78 is 11.4. The number of halogens is 2. The minimum absolute atomic E-state index is 0.245. The van der Waals surface area contributed by atoms with Gasteiger partial charge in [0.2, 0.25) is 0 Å². The van der Waals surface area contributed by atoms with Crippen molar-refractivity contribution in [1.82, 2.24) is 5.43 Å². The monoisotopic (exact) mass is 486 g/mol. The summed E-state index contributed by atoms with van der Waals surface area (Å²) in [6.45, 7) is 0. The first-order chi connectivity index (χ1) is 14.5. The zero-order valence-electron chi connectivity index (χ0n) is 15.8. The van der Waals surface area contributed by atoms with Gasteiger partial charge in [0.25, 0.3) is 5.91 Å². The number of ether oxygens (including phenoxy) is 2. The number of esters is 1. The standard InChI is InChI=1S/C22H16BrClN2O4/c1-29-20-9-5-3-7-17(20)21(27)26-25-13-14-12-15(23)10-11-19(14)30-22(28)16-6-2-4-8-18(16)24/h2-13H,1H3,(H,26,27). The Morgan fingerprint density at radius 1 is 1.00 bits per heavy atom. The van der Waals surface area contributed by atoms with Crippen molar-refractivity contribution in [3.05, 3.63) is 92.9 Å². The molecule has 0 saturated carbocycles. The lowest BCUT2D eigenvalue weighted by Crippen LogP contribution is -2.18. The minimum atomic E-state index is -0.601. The van der Waals surface area contributed by atoms with E-state index in [2.05, 4.69) is 26.5 Å². The van der Waals surface area contributed by atoms with Gasteiger partial charge in [-0.15, -0.1) is 0 Å². The second-order valence-corrected chi connectivity index (χ2v) is 7.27. The summed E-state index contributed by atoms with van der Waals surface area (Å²) in [6, 6.07) is 18.4. The highest BCUT2D eigenvalue weighted by molar-refractivity contribution is 9.10. The van der Waals surface area contributed by atoms with Crippen LogP contribution in [0.2, 0.25) is 5.02 Å². The van der Waals surface area contributed by atoms with Gasteiger partial charge in [0.1, 0.15) is 11.5 Å². The Hall–Kier alpha value is -3.16. The second-order valence-electron chi connectivity index (χ2n) is 5.95. The van der Waals surface area contributed by atoms with Crippen LogP contribution >= 0.6 is 27.5 Å². The Balaban J connectivity index is 1.77. The lowest BCUT2D eigenvalue weighted by molar-refractivity contribution is 0.0734. The summed E-state index contributed by atoms with van der Waals surface area (Å²) >= 11 is 9.43. The van der Waals surface area contributed by atoms with E-state index in [4.69, 9.17) is 21.1 Å². The molecule has 0 fully saturated rings. The molecule has 0 aliphatic heterocycles. The normalized spacial score (nSPS) is 10.6. The highest BCUT2D eigenvalue weighted by atomic mass is 79.9. The van der Waals surface area contributed by atoms with E-state index < -0.39 is 11.9 Å². The quantitative estimate of drug-likeness (QED) is 0.227. The van der Waals surface area contributed by atoms with Crippen LogP contribution < -0.4 is 14.9 Å². The molecule has 152 valence electrons. The summed E-state index contributed by atoms with van der Waals surface area (Å²) in [7, 11) is 1.48. The predicted molar refractivity (Wildman–Crippen MR) is 119 cm³/mol. The molecule has 0 aromatic heterocycles. The maximum absolute atomic E-state index is 12.5. The number of hydrazone groups is 1. The third-order valence-electron chi connectivity index (χ3n) is 3.99. The Bertz CT molecular complexity index is 1120. The Morgan fingerprint density at radius 3 is 2.43 bits per heavy atom. The molecule has 0 aliphatic carbocycles. The number of benzene rings is 3. The average molecular weight is 488 g/mol. The highest BCUT2D eigenvalue weighted by Crippen LogP contribution is 2.24. The van der Waals surface area contributed by atoms with Crippen molar-refractivity contribution in [2.24, 2.45) is 5.10 Å². The molecule has 30 heavy (non-hydrogen) atoms. The van der Waals surface area contributed by atoms with E-state index >= 15 is 0 Å². The van der Waals surface area contributed by atoms with Gasteiger partial charge in [-0.25, -0.2) is 10.2 Å². The van der Waals surface area contributed by atoms with Crippen LogP contribution in [0.1, 0.15) is 26.3 Å². The van der Waals surface area contributed by atoms with E-state index in [-0.39, 0.29) is 11.3 Å². The van der Waals surface area contributed by atoms with E-state index in [9.17, 15) is 9.59 Å². The van der Waals surface area contributed by atoms with Crippen LogP contribution in [-0.2, 0) is 0 Å². The van der Waals surface area contributed by atoms with E-state index in [1.54, 1.807) is 66.7 Å². The SMILES string of the molecule is COc1ccccc1C(=O)NN=Cc1cc(Br)ccc1OC(=O)c1ccccc1Cl. The second kappa shape index (κ2) is 10.0. The van der Waals surface area contributed by atoms with Gasteiger partial charge in [-0.3, -0.25) is 4.79 Å². The number of hydrogen-bond donors (Lipinski definition) is 1. The van der Waals surface area contributed by atoms with Gasteiger partial charge in [0.15, 0.2) is 0 Å². The highest BCUT2D eigenvalue weighted by Gasteiger charge is 2.15. The van der Waals surface area contributed by atoms with Crippen LogP contribution in [0.5, 0.6) is 11.5 Å². The maximum Gasteiger partial charge on any atom is 0.345 e. The average Bonchev–Trinajstić information content (AvgIpc) is 2.75. The third kappa shape index (κ3) is 5.25. The molecular weight excluding hydrogens is 472 g/mol. The van der Waals surface area contributed by atoms with Gasteiger partial charge in [-0.1, -0.05) is 51.8 Å². The molecule has 1 amide bonds. The molecule has 3 aromatic rings. The molecule has 0 unspecified atom stereocenters. The summed E-state index contributed by atoms with van der Waals surface area (Å²) in [5, 5.41) is 4.27. The molecule has 0 heterocycles. The number of nitrogens with zero attached hydrogens (tertiary/aromatic N) is 1. The fourth-order valence-electron chi connectivity index (χ4n) is 2.55. The van der Waals surface area contributed by atoms with Crippen LogP contribution in [0.4, 0.5) is 0 Å².